The molecule has 1 aliphatic heterocycles. The number of aryl methyl sites for hydroxylation is 2. The van der Waals surface area contributed by atoms with Crippen LogP contribution in [0.2, 0.25) is 0 Å². The van der Waals surface area contributed by atoms with Gasteiger partial charge in [-0.05, 0) is 59.6 Å². The summed E-state index contributed by atoms with van der Waals surface area (Å²) in [7, 11) is 0. The molecular formula is C24H30N2O2. The zero-order chi connectivity index (χ0) is 19.7. The molecule has 4 nitrogen and oxygen atoms in total. The number of hydrogen-bond acceptors (Lipinski definition) is 4. The van der Waals surface area contributed by atoms with E-state index in [2.05, 4.69) is 36.6 Å². The van der Waals surface area contributed by atoms with Crippen molar-refractivity contribution in [3.05, 3.63) is 63.7 Å². The van der Waals surface area contributed by atoms with Crippen LogP contribution in [0.5, 0.6) is 5.75 Å². The van der Waals surface area contributed by atoms with Gasteiger partial charge in [-0.15, -0.1) is 0 Å². The van der Waals surface area contributed by atoms with Gasteiger partial charge in [-0.1, -0.05) is 44.2 Å². The topological polar surface area (TPSA) is 64.5 Å². The zero-order valence-corrected chi connectivity index (χ0v) is 16.8. The average molecular weight is 379 g/mol. The molecule has 4 rings (SSSR count). The van der Waals surface area contributed by atoms with Crippen molar-refractivity contribution in [3.63, 3.8) is 0 Å². The van der Waals surface area contributed by atoms with Gasteiger partial charge in [-0.3, -0.25) is 0 Å². The number of anilines is 1. The summed E-state index contributed by atoms with van der Waals surface area (Å²) in [5.41, 5.74) is 8.29. The molecule has 1 heterocycles. The summed E-state index contributed by atoms with van der Waals surface area (Å²) in [5.74, 6) is 0.230. The van der Waals surface area contributed by atoms with E-state index in [1.165, 1.54) is 22.3 Å². The Bertz CT molecular complexity index is 871. The molecule has 0 saturated heterocycles. The summed E-state index contributed by atoms with van der Waals surface area (Å²) in [6, 6.07) is 8.62. The van der Waals surface area contributed by atoms with Crippen LogP contribution in [0, 0.1) is 0 Å². The van der Waals surface area contributed by atoms with E-state index < -0.39 is 6.10 Å². The fraction of sp³-hybridized carbons (Fsp3) is 0.417. The first-order chi connectivity index (χ1) is 13.6. The van der Waals surface area contributed by atoms with Crippen LogP contribution in [0.25, 0.3) is 6.08 Å². The number of hydrogen-bond donors (Lipinski definition) is 4. The zero-order valence-electron chi connectivity index (χ0n) is 16.8. The van der Waals surface area contributed by atoms with Crippen molar-refractivity contribution in [2.75, 3.05) is 18.4 Å². The van der Waals surface area contributed by atoms with Crippen LogP contribution >= 0.6 is 0 Å². The number of nitrogens with one attached hydrogen (secondary N) is 2. The van der Waals surface area contributed by atoms with Crippen LogP contribution in [0.4, 0.5) is 5.69 Å². The maximum atomic E-state index is 10.8. The van der Waals surface area contributed by atoms with Gasteiger partial charge in [0.05, 0.1) is 11.8 Å². The summed E-state index contributed by atoms with van der Waals surface area (Å²) < 4.78 is 0. The van der Waals surface area contributed by atoms with Gasteiger partial charge in [-0.2, -0.15) is 0 Å². The molecular weight excluding hydrogens is 348 g/mol. The summed E-state index contributed by atoms with van der Waals surface area (Å²) in [5, 5.41) is 27.6. The van der Waals surface area contributed by atoms with E-state index >= 15 is 0 Å². The van der Waals surface area contributed by atoms with Gasteiger partial charge in [0, 0.05) is 24.7 Å². The third-order valence-corrected chi connectivity index (χ3v) is 6.11. The molecule has 4 heteroatoms. The van der Waals surface area contributed by atoms with Crippen LogP contribution in [-0.2, 0) is 25.7 Å². The molecule has 2 aromatic carbocycles. The van der Waals surface area contributed by atoms with E-state index in [0.717, 1.165) is 36.8 Å². The second kappa shape index (κ2) is 7.98. The Balaban J connectivity index is 1.44. The molecule has 0 bridgehead atoms. The van der Waals surface area contributed by atoms with E-state index in [-0.39, 0.29) is 5.75 Å². The highest BCUT2D eigenvalue weighted by atomic mass is 16.3. The molecule has 1 atom stereocenters. The number of aliphatic hydroxyl groups excluding tert-OH is 1. The van der Waals surface area contributed by atoms with Crippen molar-refractivity contribution >= 4 is 11.8 Å². The van der Waals surface area contributed by atoms with Crippen molar-refractivity contribution < 1.29 is 10.2 Å². The number of phenolic OH excluding ortho intramolecular Hbond substituents is 1. The number of benzene rings is 2. The number of aromatic hydroxyl groups is 1. The Morgan fingerprint density at radius 1 is 1.11 bits per heavy atom. The molecule has 2 aromatic rings. The van der Waals surface area contributed by atoms with Gasteiger partial charge in [0.15, 0.2) is 0 Å². The van der Waals surface area contributed by atoms with E-state index in [4.69, 9.17) is 0 Å². The number of rotatable bonds is 6. The van der Waals surface area contributed by atoms with Gasteiger partial charge >= 0.3 is 0 Å². The van der Waals surface area contributed by atoms with Crippen molar-refractivity contribution in [2.45, 2.75) is 51.7 Å². The first-order valence-corrected chi connectivity index (χ1v) is 10.4. The number of aliphatic hydroxyl groups is 1. The predicted octanol–water partition coefficient (Wildman–Crippen LogP) is 3.75. The standard InChI is InChI=1S/C24H30N2O2/c1-3-15-10-17-12-19(13-18(17)11-16(15)4-2)26-14-23(28)20-7-8-22(27)24-21(20)6-5-9-25-24/h5-8,10-11,19,23,25-28H,3-4,9,12-14H2,1-2H3. The second-order valence-electron chi connectivity index (χ2n) is 7.87. The van der Waals surface area contributed by atoms with Crippen LogP contribution in [0.1, 0.15) is 53.3 Å². The second-order valence-corrected chi connectivity index (χ2v) is 7.87. The summed E-state index contributed by atoms with van der Waals surface area (Å²) in [6.45, 7) is 5.65. The highest BCUT2D eigenvalue weighted by Gasteiger charge is 2.24. The number of fused-ring (bicyclic) bond motifs is 2. The lowest BCUT2D eigenvalue weighted by molar-refractivity contribution is 0.170. The largest absolute Gasteiger partial charge is 0.506 e. The fourth-order valence-corrected chi connectivity index (χ4v) is 4.58. The first-order valence-electron chi connectivity index (χ1n) is 10.4. The Labute approximate surface area is 167 Å². The smallest absolute Gasteiger partial charge is 0.139 e. The predicted molar refractivity (Wildman–Crippen MR) is 115 cm³/mol. The molecule has 1 unspecified atom stereocenters. The van der Waals surface area contributed by atoms with Gasteiger partial charge in [0.2, 0.25) is 0 Å². The molecule has 0 spiro atoms. The fourth-order valence-electron chi connectivity index (χ4n) is 4.58. The normalized spacial score (nSPS) is 16.5. The molecule has 0 fully saturated rings. The van der Waals surface area contributed by atoms with Crippen LogP contribution in [-0.4, -0.2) is 29.3 Å². The Morgan fingerprint density at radius 2 is 1.79 bits per heavy atom. The van der Waals surface area contributed by atoms with Gasteiger partial charge in [-0.25, -0.2) is 0 Å². The summed E-state index contributed by atoms with van der Waals surface area (Å²) in [6.07, 6.45) is 7.59. The highest BCUT2D eigenvalue weighted by Crippen LogP contribution is 2.36. The molecule has 0 saturated carbocycles. The first kappa shape index (κ1) is 19.0. The lowest BCUT2D eigenvalue weighted by Gasteiger charge is -2.22. The monoisotopic (exact) mass is 378 g/mol. The Morgan fingerprint density at radius 3 is 2.43 bits per heavy atom. The third-order valence-electron chi connectivity index (χ3n) is 6.11. The SMILES string of the molecule is CCc1cc2c(cc1CC)CC(NCC(O)c1ccc(O)c3c1C=CCN3)C2. The maximum Gasteiger partial charge on any atom is 0.139 e. The third kappa shape index (κ3) is 3.54. The minimum Gasteiger partial charge on any atom is -0.506 e. The van der Waals surface area contributed by atoms with Crippen LogP contribution in [0.3, 0.4) is 0 Å². The van der Waals surface area contributed by atoms with E-state index in [1.807, 2.05) is 18.2 Å². The molecule has 148 valence electrons. The van der Waals surface area contributed by atoms with Crippen molar-refractivity contribution in [3.8, 4) is 5.75 Å². The van der Waals surface area contributed by atoms with Crippen LogP contribution < -0.4 is 10.6 Å². The van der Waals surface area contributed by atoms with E-state index in [9.17, 15) is 10.2 Å². The molecule has 28 heavy (non-hydrogen) atoms. The molecule has 4 N–H and O–H groups in total. The number of phenols is 1. The van der Waals surface area contributed by atoms with Gasteiger partial charge < -0.3 is 20.8 Å². The van der Waals surface area contributed by atoms with Gasteiger partial charge in [0.25, 0.3) is 0 Å². The molecule has 0 radical (unpaired) electrons. The lowest BCUT2D eigenvalue weighted by Crippen LogP contribution is -2.33. The van der Waals surface area contributed by atoms with Gasteiger partial charge in [0.1, 0.15) is 5.75 Å². The summed E-state index contributed by atoms with van der Waals surface area (Å²) in [4.78, 5) is 0. The molecule has 1 aliphatic carbocycles. The van der Waals surface area contributed by atoms with E-state index in [0.29, 0.717) is 24.8 Å². The Hall–Kier alpha value is -2.30. The van der Waals surface area contributed by atoms with Crippen molar-refractivity contribution in [1.29, 1.82) is 0 Å². The maximum absolute atomic E-state index is 10.8. The van der Waals surface area contributed by atoms with E-state index in [1.54, 1.807) is 6.07 Å². The van der Waals surface area contributed by atoms with Crippen LogP contribution in [0.15, 0.2) is 30.3 Å². The molecule has 2 aliphatic rings. The Kier molecular flexibility index (Phi) is 5.42. The minimum absolute atomic E-state index is 0.230. The highest BCUT2D eigenvalue weighted by molar-refractivity contribution is 5.77. The minimum atomic E-state index is -0.611. The average Bonchev–Trinajstić information content (AvgIpc) is 3.13. The lowest BCUT2D eigenvalue weighted by atomic mass is 9.97. The quantitative estimate of drug-likeness (QED) is 0.578. The summed E-state index contributed by atoms with van der Waals surface area (Å²) >= 11 is 0. The molecule has 0 aromatic heterocycles. The molecule has 0 amide bonds. The van der Waals surface area contributed by atoms with Crippen molar-refractivity contribution in [2.24, 2.45) is 0 Å². The van der Waals surface area contributed by atoms with Crippen molar-refractivity contribution in [1.82, 2.24) is 5.32 Å².